The summed E-state index contributed by atoms with van der Waals surface area (Å²) in [5.41, 5.74) is 2.33. The van der Waals surface area contributed by atoms with E-state index >= 15 is 0 Å². The van der Waals surface area contributed by atoms with Crippen LogP contribution in [0, 0.1) is 6.92 Å². The van der Waals surface area contributed by atoms with Crippen LogP contribution in [0.2, 0.25) is 0 Å². The van der Waals surface area contributed by atoms with Crippen molar-refractivity contribution in [2.45, 2.75) is 51.5 Å². The fourth-order valence-corrected chi connectivity index (χ4v) is 2.76. The summed E-state index contributed by atoms with van der Waals surface area (Å²) in [7, 11) is 0. The second-order valence-corrected chi connectivity index (χ2v) is 5.51. The zero-order valence-electron chi connectivity index (χ0n) is 11.0. The van der Waals surface area contributed by atoms with Gasteiger partial charge in [-0.05, 0) is 43.6 Å². The molecule has 1 saturated carbocycles. The molecule has 0 aliphatic heterocycles. The quantitative estimate of drug-likeness (QED) is 0.622. The number of hydrogen-bond donors (Lipinski definition) is 2. The Morgan fingerprint density at radius 2 is 1.78 bits per heavy atom. The number of rotatable bonds is 2. The first-order valence-corrected chi connectivity index (χ1v) is 7.29. The van der Waals surface area contributed by atoms with Crippen molar-refractivity contribution in [1.29, 1.82) is 0 Å². The van der Waals surface area contributed by atoms with Crippen LogP contribution in [-0.4, -0.2) is 11.2 Å². The predicted molar refractivity (Wildman–Crippen MR) is 82.0 cm³/mol. The monoisotopic (exact) mass is 262 g/mol. The largest absolute Gasteiger partial charge is 0.360 e. The van der Waals surface area contributed by atoms with Crippen LogP contribution in [0.3, 0.4) is 0 Å². The van der Waals surface area contributed by atoms with Gasteiger partial charge >= 0.3 is 0 Å². The van der Waals surface area contributed by atoms with Gasteiger partial charge in [-0.25, -0.2) is 0 Å². The summed E-state index contributed by atoms with van der Waals surface area (Å²) in [6.07, 6.45) is 7.88. The van der Waals surface area contributed by atoms with Gasteiger partial charge in [0.15, 0.2) is 5.11 Å². The zero-order valence-corrected chi connectivity index (χ0v) is 11.9. The van der Waals surface area contributed by atoms with Gasteiger partial charge in [0.25, 0.3) is 0 Å². The van der Waals surface area contributed by atoms with Crippen LogP contribution in [0.1, 0.15) is 44.1 Å². The Labute approximate surface area is 115 Å². The molecule has 1 aromatic carbocycles. The first-order chi connectivity index (χ1) is 8.75. The van der Waals surface area contributed by atoms with Gasteiger partial charge < -0.3 is 10.6 Å². The topological polar surface area (TPSA) is 24.1 Å². The maximum Gasteiger partial charge on any atom is 0.171 e. The molecular weight excluding hydrogens is 240 g/mol. The fourth-order valence-electron chi connectivity index (χ4n) is 2.48. The summed E-state index contributed by atoms with van der Waals surface area (Å²) in [5, 5.41) is 7.51. The third-order valence-electron chi connectivity index (χ3n) is 3.58. The molecule has 18 heavy (non-hydrogen) atoms. The summed E-state index contributed by atoms with van der Waals surface area (Å²) in [4.78, 5) is 0. The van der Waals surface area contributed by atoms with Gasteiger partial charge in [-0.2, -0.15) is 0 Å². The number of hydrogen-bond acceptors (Lipinski definition) is 1. The van der Waals surface area contributed by atoms with Crippen molar-refractivity contribution in [3.63, 3.8) is 0 Å². The van der Waals surface area contributed by atoms with Gasteiger partial charge in [0.2, 0.25) is 0 Å². The van der Waals surface area contributed by atoms with Gasteiger partial charge in [0.05, 0.1) is 0 Å². The molecule has 2 nitrogen and oxygen atoms in total. The minimum Gasteiger partial charge on any atom is -0.360 e. The van der Waals surface area contributed by atoms with Gasteiger partial charge in [-0.3, -0.25) is 0 Å². The number of thiocarbonyl (C=S) groups is 1. The molecule has 98 valence electrons. The Balaban J connectivity index is 1.86. The second-order valence-electron chi connectivity index (χ2n) is 5.10. The summed E-state index contributed by atoms with van der Waals surface area (Å²) < 4.78 is 0. The smallest absolute Gasteiger partial charge is 0.171 e. The Hall–Kier alpha value is -1.09. The minimum atomic E-state index is 0.552. The molecule has 1 aromatic rings. The van der Waals surface area contributed by atoms with Crippen molar-refractivity contribution in [1.82, 2.24) is 5.32 Å². The Morgan fingerprint density at radius 1 is 1.11 bits per heavy atom. The highest BCUT2D eigenvalue weighted by molar-refractivity contribution is 7.80. The molecule has 0 atom stereocenters. The molecule has 1 fully saturated rings. The van der Waals surface area contributed by atoms with Crippen molar-refractivity contribution in [2.24, 2.45) is 0 Å². The van der Waals surface area contributed by atoms with Crippen LogP contribution in [0.4, 0.5) is 5.69 Å². The third kappa shape index (κ3) is 3.98. The second kappa shape index (κ2) is 6.74. The van der Waals surface area contributed by atoms with E-state index in [4.69, 9.17) is 12.2 Å². The van der Waals surface area contributed by atoms with E-state index in [2.05, 4.69) is 29.7 Å². The molecule has 0 aromatic heterocycles. The summed E-state index contributed by atoms with van der Waals surface area (Å²) in [6, 6.07) is 8.79. The van der Waals surface area contributed by atoms with Crippen molar-refractivity contribution >= 4 is 23.0 Å². The van der Waals surface area contributed by atoms with E-state index < -0.39 is 0 Å². The molecule has 2 rings (SSSR count). The lowest BCUT2D eigenvalue weighted by molar-refractivity contribution is 0.535. The van der Waals surface area contributed by atoms with E-state index in [-0.39, 0.29) is 0 Å². The maximum absolute atomic E-state index is 5.40. The number of para-hydroxylation sites is 1. The molecule has 2 N–H and O–H groups in total. The average Bonchev–Trinajstić information content (AvgIpc) is 2.61. The highest BCUT2D eigenvalue weighted by atomic mass is 32.1. The van der Waals surface area contributed by atoms with Gasteiger partial charge in [0.1, 0.15) is 0 Å². The summed E-state index contributed by atoms with van der Waals surface area (Å²) in [5.74, 6) is 0. The molecule has 0 heterocycles. The SMILES string of the molecule is Cc1ccccc1NC(=S)NC1CCCCCC1. The average molecular weight is 262 g/mol. The Bertz CT molecular complexity index is 395. The van der Waals surface area contributed by atoms with Crippen LogP contribution in [0.15, 0.2) is 24.3 Å². The maximum atomic E-state index is 5.40. The first-order valence-electron chi connectivity index (χ1n) is 6.89. The normalized spacial score (nSPS) is 16.9. The molecule has 0 saturated heterocycles. The molecule has 0 spiro atoms. The Kier molecular flexibility index (Phi) is 5.00. The zero-order chi connectivity index (χ0) is 12.8. The Morgan fingerprint density at radius 3 is 2.44 bits per heavy atom. The van der Waals surface area contributed by atoms with E-state index in [1.807, 2.05) is 12.1 Å². The van der Waals surface area contributed by atoms with E-state index in [9.17, 15) is 0 Å². The van der Waals surface area contributed by atoms with Crippen molar-refractivity contribution in [3.8, 4) is 0 Å². The predicted octanol–water partition coefficient (Wildman–Crippen LogP) is 4.00. The van der Waals surface area contributed by atoms with Crippen molar-refractivity contribution < 1.29 is 0 Å². The van der Waals surface area contributed by atoms with Crippen molar-refractivity contribution in [3.05, 3.63) is 29.8 Å². The highest BCUT2D eigenvalue weighted by Crippen LogP contribution is 2.18. The molecular formula is C15H22N2S. The lowest BCUT2D eigenvalue weighted by atomic mass is 10.1. The van der Waals surface area contributed by atoms with Crippen LogP contribution >= 0.6 is 12.2 Å². The van der Waals surface area contributed by atoms with Gasteiger partial charge in [0, 0.05) is 11.7 Å². The molecule has 3 heteroatoms. The fraction of sp³-hybridized carbons (Fsp3) is 0.533. The van der Waals surface area contributed by atoms with E-state index in [1.54, 1.807) is 0 Å². The molecule has 1 aliphatic carbocycles. The van der Waals surface area contributed by atoms with Crippen LogP contribution in [-0.2, 0) is 0 Å². The standard InChI is InChI=1S/C15H22N2S/c1-12-8-6-7-11-14(12)17-15(18)16-13-9-4-2-3-5-10-13/h6-8,11,13H,2-5,9-10H2,1H3,(H2,16,17,18). The lowest BCUT2D eigenvalue weighted by Gasteiger charge is -2.19. The third-order valence-corrected chi connectivity index (χ3v) is 3.80. The minimum absolute atomic E-state index is 0.552. The van der Waals surface area contributed by atoms with Crippen molar-refractivity contribution in [2.75, 3.05) is 5.32 Å². The highest BCUT2D eigenvalue weighted by Gasteiger charge is 2.13. The van der Waals surface area contributed by atoms with E-state index in [0.717, 1.165) is 10.8 Å². The van der Waals surface area contributed by atoms with Crippen LogP contribution in [0.5, 0.6) is 0 Å². The molecule has 0 radical (unpaired) electrons. The number of aryl methyl sites for hydroxylation is 1. The lowest BCUT2D eigenvalue weighted by Crippen LogP contribution is -2.37. The summed E-state index contributed by atoms with van der Waals surface area (Å²) >= 11 is 5.40. The van der Waals surface area contributed by atoms with Gasteiger partial charge in [-0.1, -0.05) is 43.9 Å². The summed E-state index contributed by atoms with van der Waals surface area (Å²) in [6.45, 7) is 2.09. The molecule has 0 unspecified atom stereocenters. The number of anilines is 1. The van der Waals surface area contributed by atoms with Gasteiger partial charge in [-0.15, -0.1) is 0 Å². The number of nitrogens with one attached hydrogen (secondary N) is 2. The number of benzene rings is 1. The van der Waals surface area contributed by atoms with Crippen LogP contribution < -0.4 is 10.6 Å². The molecule has 1 aliphatic rings. The van der Waals surface area contributed by atoms with E-state index in [0.29, 0.717) is 6.04 Å². The van der Waals surface area contributed by atoms with Crippen LogP contribution in [0.25, 0.3) is 0 Å². The van der Waals surface area contributed by atoms with E-state index in [1.165, 1.54) is 44.1 Å². The molecule has 0 amide bonds. The molecule has 0 bridgehead atoms. The first kappa shape index (κ1) is 13.3.